The molecular formula is C73H120O6. The van der Waals surface area contributed by atoms with Crippen LogP contribution >= 0.6 is 0 Å². The minimum atomic E-state index is -0.799. The van der Waals surface area contributed by atoms with Gasteiger partial charge in [-0.15, -0.1) is 0 Å². The van der Waals surface area contributed by atoms with Gasteiger partial charge in [-0.2, -0.15) is 0 Å². The maximum absolute atomic E-state index is 12.9. The van der Waals surface area contributed by atoms with Crippen LogP contribution in [0.2, 0.25) is 0 Å². The van der Waals surface area contributed by atoms with Gasteiger partial charge in [-0.3, -0.25) is 14.4 Å². The van der Waals surface area contributed by atoms with E-state index in [1.54, 1.807) is 0 Å². The number of hydrogen-bond donors (Lipinski definition) is 0. The molecule has 0 saturated heterocycles. The van der Waals surface area contributed by atoms with Crippen molar-refractivity contribution in [2.45, 2.75) is 297 Å². The first kappa shape index (κ1) is 74.5. The van der Waals surface area contributed by atoms with E-state index in [1.165, 1.54) is 116 Å². The molecule has 6 nitrogen and oxygen atoms in total. The molecule has 6 heteroatoms. The van der Waals surface area contributed by atoms with E-state index in [0.717, 1.165) is 135 Å². The summed E-state index contributed by atoms with van der Waals surface area (Å²) >= 11 is 0. The zero-order chi connectivity index (χ0) is 57.1. The molecule has 1 unspecified atom stereocenters. The Morgan fingerprint density at radius 2 is 0.494 bits per heavy atom. The van der Waals surface area contributed by atoms with Gasteiger partial charge < -0.3 is 14.2 Å². The number of hydrogen-bond acceptors (Lipinski definition) is 6. The third kappa shape index (κ3) is 64.3. The van der Waals surface area contributed by atoms with Crippen LogP contribution in [-0.4, -0.2) is 37.2 Å². The molecule has 0 rings (SSSR count). The molecule has 0 N–H and O–H groups in total. The lowest BCUT2D eigenvalue weighted by atomic mass is 10.0. The Morgan fingerprint density at radius 3 is 0.785 bits per heavy atom. The Labute approximate surface area is 487 Å². The van der Waals surface area contributed by atoms with Crippen LogP contribution in [0.5, 0.6) is 0 Å². The van der Waals surface area contributed by atoms with Crippen molar-refractivity contribution in [2.75, 3.05) is 13.2 Å². The highest BCUT2D eigenvalue weighted by Gasteiger charge is 2.19. The van der Waals surface area contributed by atoms with Crippen molar-refractivity contribution in [1.82, 2.24) is 0 Å². The topological polar surface area (TPSA) is 78.9 Å². The van der Waals surface area contributed by atoms with Gasteiger partial charge in [0.1, 0.15) is 13.2 Å². The zero-order valence-corrected chi connectivity index (χ0v) is 51.3. The first-order valence-electron chi connectivity index (χ1n) is 32.7. The molecule has 0 saturated carbocycles. The number of rotatable bonds is 58. The highest BCUT2D eigenvalue weighted by atomic mass is 16.6. The standard InChI is InChI=1S/C73H120O6/c1-4-7-10-13-16-19-22-24-26-28-30-31-32-33-34-35-36-37-38-39-40-41-43-44-46-48-51-54-57-60-63-66-72(75)78-69-70(68-77-71(74)65-62-59-56-53-50-21-18-15-12-9-6-3)79-73(76)67-64-61-58-55-52-49-47-45-42-29-27-25-23-20-17-14-11-8-5-2/h7-8,10-11,16-17,19-20,24-27,30-31,33-34,36-37,42,45,49,52,70H,4-6,9,12-15,18,21-23,28-29,32,35,38-41,43-44,46-48,50-51,53-69H2,1-3H3/b10-7-,11-8-,19-16-,20-17-,26-24-,27-25-,31-30-,34-33-,37-36-,45-42-,52-49-. The van der Waals surface area contributed by atoms with Gasteiger partial charge in [0, 0.05) is 19.3 Å². The predicted molar refractivity (Wildman–Crippen MR) is 343 cm³/mol. The lowest BCUT2D eigenvalue weighted by Gasteiger charge is -2.18. The molecule has 0 aliphatic rings. The van der Waals surface area contributed by atoms with Crippen molar-refractivity contribution in [2.24, 2.45) is 0 Å². The monoisotopic (exact) mass is 1090 g/mol. The van der Waals surface area contributed by atoms with Crippen molar-refractivity contribution in [1.29, 1.82) is 0 Å². The van der Waals surface area contributed by atoms with Gasteiger partial charge in [-0.1, -0.05) is 289 Å². The van der Waals surface area contributed by atoms with Crippen molar-refractivity contribution < 1.29 is 28.6 Å². The molecule has 0 aromatic rings. The minimum absolute atomic E-state index is 0.0922. The average Bonchev–Trinajstić information content (AvgIpc) is 3.45. The molecule has 0 heterocycles. The summed E-state index contributed by atoms with van der Waals surface area (Å²) in [6.45, 7) is 6.39. The van der Waals surface area contributed by atoms with E-state index in [4.69, 9.17) is 14.2 Å². The Kier molecular flexibility index (Phi) is 62.3. The number of carbonyl (C=O) groups is 3. The molecule has 1 atom stereocenters. The summed E-state index contributed by atoms with van der Waals surface area (Å²) in [6.07, 6.45) is 93.2. The highest BCUT2D eigenvalue weighted by Crippen LogP contribution is 2.16. The van der Waals surface area contributed by atoms with Crippen LogP contribution in [0.25, 0.3) is 0 Å². The van der Waals surface area contributed by atoms with E-state index in [0.29, 0.717) is 12.8 Å². The van der Waals surface area contributed by atoms with Gasteiger partial charge in [0.25, 0.3) is 0 Å². The molecule has 79 heavy (non-hydrogen) atoms. The minimum Gasteiger partial charge on any atom is -0.462 e. The maximum Gasteiger partial charge on any atom is 0.306 e. The molecule has 0 spiro atoms. The van der Waals surface area contributed by atoms with Gasteiger partial charge in [-0.05, 0) is 116 Å². The Balaban J connectivity index is 4.28. The van der Waals surface area contributed by atoms with Crippen molar-refractivity contribution in [3.05, 3.63) is 134 Å². The average molecular weight is 1090 g/mol. The number of carbonyl (C=O) groups excluding carboxylic acids is 3. The van der Waals surface area contributed by atoms with Crippen molar-refractivity contribution in [3.8, 4) is 0 Å². The van der Waals surface area contributed by atoms with Crippen LogP contribution in [0.1, 0.15) is 290 Å². The third-order valence-electron chi connectivity index (χ3n) is 13.7. The fraction of sp³-hybridized carbons (Fsp3) is 0.658. The summed E-state index contributed by atoms with van der Waals surface area (Å²) in [5.41, 5.74) is 0. The molecule has 0 amide bonds. The number of unbranched alkanes of at least 4 members (excludes halogenated alkanes) is 25. The summed E-state index contributed by atoms with van der Waals surface area (Å²) < 4.78 is 16.9. The van der Waals surface area contributed by atoms with E-state index in [9.17, 15) is 14.4 Å². The van der Waals surface area contributed by atoms with Crippen LogP contribution in [0.15, 0.2) is 134 Å². The summed E-state index contributed by atoms with van der Waals surface area (Å²) in [7, 11) is 0. The molecule has 0 aromatic heterocycles. The van der Waals surface area contributed by atoms with Crippen LogP contribution in [0, 0.1) is 0 Å². The third-order valence-corrected chi connectivity index (χ3v) is 13.7. The largest absolute Gasteiger partial charge is 0.462 e. The van der Waals surface area contributed by atoms with Crippen LogP contribution in [-0.2, 0) is 28.6 Å². The maximum atomic E-state index is 12.9. The Bertz CT molecular complexity index is 1680. The van der Waals surface area contributed by atoms with Crippen molar-refractivity contribution in [3.63, 3.8) is 0 Å². The highest BCUT2D eigenvalue weighted by molar-refractivity contribution is 5.71. The van der Waals surface area contributed by atoms with E-state index >= 15 is 0 Å². The molecule has 0 aliphatic carbocycles. The summed E-state index contributed by atoms with van der Waals surface area (Å²) in [5, 5.41) is 0. The van der Waals surface area contributed by atoms with E-state index in [-0.39, 0.29) is 37.5 Å². The van der Waals surface area contributed by atoms with Gasteiger partial charge in [-0.25, -0.2) is 0 Å². The summed E-state index contributed by atoms with van der Waals surface area (Å²) in [4.78, 5) is 38.3. The number of allylic oxidation sites excluding steroid dienone is 22. The Hall–Kier alpha value is -4.45. The van der Waals surface area contributed by atoms with Crippen LogP contribution in [0.4, 0.5) is 0 Å². The zero-order valence-electron chi connectivity index (χ0n) is 51.3. The summed E-state index contributed by atoms with van der Waals surface area (Å²) in [5.74, 6) is -0.924. The lowest BCUT2D eigenvalue weighted by Crippen LogP contribution is -2.30. The fourth-order valence-electron chi connectivity index (χ4n) is 8.83. The van der Waals surface area contributed by atoms with E-state index < -0.39 is 6.10 Å². The van der Waals surface area contributed by atoms with Crippen molar-refractivity contribution >= 4 is 17.9 Å². The second kappa shape index (κ2) is 66.1. The van der Waals surface area contributed by atoms with Crippen LogP contribution in [0.3, 0.4) is 0 Å². The smallest absolute Gasteiger partial charge is 0.306 e. The molecule has 448 valence electrons. The van der Waals surface area contributed by atoms with E-state index in [1.807, 2.05) is 0 Å². The normalized spacial score (nSPS) is 13.0. The first-order valence-corrected chi connectivity index (χ1v) is 32.7. The van der Waals surface area contributed by atoms with Crippen LogP contribution < -0.4 is 0 Å². The fourth-order valence-corrected chi connectivity index (χ4v) is 8.83. The number of ether oxygens (including phenoxy) is 3. The molecule has 0 bridgehead atoms. The lowest BCUT2D eigenvalue weighted by molar-refractivity contribution is -0.167. The van der Waals surface area contributed by atoms with Gasteiger partial charge in [0.2, 0.25) is 0 Å². The molecule has 0 aromatic carbocycles. The second-order valence-corrected chi connectivity index (χ2v) is 21.3. The molecule has 0 fully saturated rings. The molecule has 0 aliphatic heterocycles. The SMILES string of the molecule is CC/C=C\C/C=C\C/C=C\C/C=C\C/C=C\C/C=C\CCCCCCCCCCCCCCC(=O)OCC(COC(=O)CCCCCCCCCCCCC)OC(=O)CCCCC/C=C\C/C=C\C/C=C\C/C=C\C/C=C\CC. The molecule has 0 radical (unpaired) electrons. The molecular weight excluding hydrogens is 973 g/mol. The Morgan fingerprint density at radius 1 is 0.266 bits per heavy atom. The van der Waals surface area contributed by atoms with Gasteiger partial charge >= 0.3 is 17.9 Å². The van der Waals surface area contributed by atoms with E-state index in [2.05, 4.69) is 154 Å². The second-order valence-electron chi connectivity index (χ2n) is 21.3. The summed E-state index contributed by atoms with van der Waals surface area (Å²) in [6, 6.07) is 0. The number of esters is 3. The quantitative estimate of drug-likeness (QED) is 0.0261. The first-order chi connectivity index (χ1) is 39.0. The van der Waals surface area contributed by atoms with Gasteiger partial charge in [0.15, 0.2) is 6.10 Å². The van der Waals surface area contributed by atoms with Gasteiger partial charge in [0.05, 0.1) is 0 Å². The predicted octanol–water partition coefficient (Wildman–Crippen LogP) is 22.5.